The summed E-state index contributed by atoms with van der Waals surface area (Å²) >= 11 is 0. The van der Waals surface area contributed by atoms with Crippen LogP contribution in [0.5, 0.6) is 11.8 Å². The van der Waals surface area contributed by atoms with Gasteiger partial charge in [-0.25, -0.2) is 15.0 Å². The average molecular weight is 461 g/mol. The SMILES string of the molecule is Cc1nn(C(C)C)c2c3cc(nc12)-c1cccnc1OCCOCCOc1ncccc1CN3. The van der Waals surface area contributed by atoms with E-state index in [0.29, 0.717) is 44.7 Å². The number of nitrogens with zero attached hydrogens (tertiary/aromatic N) is 5. The Labute approximate surface area is 198 Å². The van der Waals surface area contributed by atoms with Crippen molar-refractivity contribution in [1.82, 2.24) is 24.7 Å². The third-order valence-electron chi connectivity index (χ3n) is 5.61. The number of nitrogens with one attached hydrogen (secondary N) is 1. The molecule has 34 heavy (non-hydrogen) atoms. The van der Waals surface area contributed by atoms with Crippen LogP contribution in [0.15, 0.2) is 42.7 Å². The van der Waals surface area contributed by atoms with Gasteiger partial charge in [0.25, 0.3) is 0 Å². The molecule has 2 bridgehead atoms. The van der Waals surface area contributed by atoms with E-state index in [0.717, 1.165) is 39.2 Å². The summed E-state index contributed by atoms with van der Waals surface area (Å²) in [7, 11) is 0. The van der Waals surface area contributed by atoms with E-state index in [9.17, 15) is 0 Å². The molecule has 176 valence electrons. The molecule has 0 fully saturated rings. The number of rotatable bonds is 1. The Balaban J connectivity index is 1.66. The molecule has 0 amide bonds. The summed E-state index contributed by atoms with van der Waals surface area (Å²) in [4.78, 5) is 13.9. The summed E-state index contributed by atoms with van der Waals surface area (Å²) in [5, 5.41) is 8.37. The molecule has 0 atom stereocenters. The lowest BCUT2D eigenvalue weighted by Crippen LogP contribution is -2.14. The third-order valence-corrected chi connectivity index (χ3v) is 5.61. The van der Waals surface area contributed by atoms with Gasteiger partial charge in [-0.15, -0.1) is 0 Å². The van der Waals surface area contributed by atoms with Crippen LogP contribution in [-0.2, 0) is 11.3 Å². The minimum Gasteiger partial charge on any atom is -0.475 e. The zero-order chi connectivity index (χ0) is 23.5. The first kappa shape index (κ1) is 22.1. The van der Waals surface area contributed by atoms with Gasteiger partial charge in [0.05, 0.1) is 35.9 Å². The van der Waals surface area contributed by atoms with E-state index in [1.807, 2.05) is 41.9 Å². The predicted molar refractivity (Wildman–Crippen MR) is 129 cm³/mol. The Kier molecular flexibility index (Phi) is 6.27. The molecule has 0 aromatic carbocycles. The van der Waals surface area contributed by atoms with Gasteiger partial charge in [0.1, 0.15) is 24.2 Å². The van der Waals surface area contributed by atoms with Gasteiger partial charge in [0, 0.05) is 30.5 Å². The largest absolute Gasteiger partial charge is 0.475 e. The van der Waals surface area contributed by atoms with Crippen molar-refractivity contribution in [3.8, 4) is 23.0 Å². The smallest absolute Gasteiger partial charge is 0.222 e. The summed E-state index contributed by atoms with van der Waals surface area (Å²) in [5.74, 6) is 1.12. The molecule has 0 aliphatic carbocycles. The van der Waals surface area contributed by atoms with E-state index in [2.05, 4.69) is 29.1 Å². The molecule has 1 aliphatic heterocycles. The number of anilines is 1. The molecule has 9 heteroatoms. The van der Waals surface area contributed by atoms with Gasteiger partial charge in [-0.05, 0) is 45.0 Å². The minimum absolute atomic E-state index is 0.178. The van der Waals surface area contributed by atoms with Crippen LogP contribution in [0, 0.1) is 6.92 Å². The van der Waals surface area contributed by atoms with Crippen molar-refractivity contribution in [2.45, 2.75) is 33.4 Å². The van der Waals surface area contributed by atoms with E-state index >= 15 is 0 Å². The van der Waals surface area contributed by atoms with Crippen LogP contribution < -0.4 is 14.8 Å². The lowest BCUT2D eigenvalue weighted by molar-refractivity contribution is 0.0741. The highest BCUT2D eigenvalue weighted by Crippen LogP contribution is 2.35. The molecule has 0 spiro atoms. The standard InChI is InChI=1S/C25H28N6O3/c1-16(2)31-23-21-14-20(29-22(23)17(3)30-31)19-7-5-9-27-25(19)34-13-11-32-10-12-33-24-18(15-28-21)6-4-8-26-24/h4-9,14,16,28H,10-13,15H2,1-3H3. The Morgan fingerprint density at radius 2 is 1.71 bits per heavy atom. The van der Waals surface area contributed by atoms with Crippen molar-refractivity contribution < 1.29 is 14.2 Å². The summed E-state index contributed by atoms with van der Waals surface area (Å²) in [6, 6.07) is 9.99. The minimum atomic E-state index is 0.178. The lowest BCUT2D eigenvalue weighted by atomic mass is 10.1. The highest BCUT2D eigenvalue weighted by Gasteiger charge is 2.20. The normalized spacial score (nSPS) is 14.6. The molecule has 5 rings (SSSR count). The van der Waals surface area contributed by atoms with Crippen LogP contribution in [0.1, 0.15) is 31.1 Å². The monoisotopic (exact) mass is 460 g/mol. The molecular formula is C25H28N6O3. The summed E-state index contributed by atoms with van der Waals surface area (Å²) in [5.41, 5.74) is 6.14. The number of pyridine rings is 3. The lowest BCUT2D eigenvalue weighted by Gasteiger charge is -2.17. The molecule has 0 unspecified atom stereocenters. The van der Waals surface area contributed by atoms with Gasteiger partial charge in [0.15, 0.2) is 0 Å². The maximum Gasteiger partial charge on any atom is 0.222 e. The van der Waals surface area contributed by atoms with Crippen LogP contribution in [0.2, 0.25) is 0 Å². The number of ether oxygens (including phenoxy) is 3. The molecule has 0 saturated carbocycles. The van der Waals surface area contributed by atoms with Crippen LogP contribution in [0.4, 0.5) is 5.69 Å². The second-order valence-electron chi connectivity index (χ2n) is 8.36. The predicted octanol–water partition coefficient (Wildman–Crippen LogP) is 4.18. The van der Waals surface area contributed by atoms with Crippen LogP contribution >= 0.6 is 0 Å². The fourth-order valence-electron chi connectivity index (χ4n) is 4.00. The van der Waals surface area contributed by atoms with Gasteiger partial charge in [-0.3, -0.25) is 4.68 Å². The third kappa shape index (κ3) is 4.38. The molecule has 4 aromatic rings. The zero-order valence-electron chi connectivity index (χ0n) is 19.6. The van der Waals surface area contributed by atoms with Gasteiger partial charge >= 0.3 is 0 Å². The number of aromatic nitrogens is 5. The quantitative estimate of drug-likeness (QED) is 0.452. The van der Waals surface area contributed by atoms with E-state index in [1.165, 1.54) is 0 Å². The summed E-state index contributed by atoms with van der Waals surface area (Å²) in [6.07, 6.45) is 3.45. The summed E-state index contributed by atoms with van der Waals surface area (Å²) < 4.78 is 19.5. The zero-order valence-corrected chi connectivity index (χ0v) is 19.6. The number of aryl methyl sites for hydroxylation is 1. The highest BCUT2D eigenvalue weighted by molar-refractivity contribution is 5.93. The van der Waals surface area contributed by atoms with Crippen molar-refractivity contribution >= 4 is 16.7 Å². The van der Waals surface area contributed by atoms with E-state index in [4.69, 9.17) is 24.3 Å². The molecule has 1 aliphatic rings. The van der Waals surface area contributed by atoms with Crippen LogP contribution in [-0.4, -0.2) is 51.2 Å². The van der Waals surface area contributed by atoms with Crippen molar-refractivity contribution in [2.24, 2.45) is 0 Å². The molecule has 1 N–H and O–H groups in total. The van der Waals surface area contributed by atoms with Crippen molar-refractivity contribution in [3.63, 3.8) is 0 Å². The van der Waals surface area contributed by atoms with E-state index in [-0.39, 0.29) is 6.04 Å². The molecule has 0 radical (unpaired) electrons. The summed E-state index contributed by atoms with van der Waals surface area (Å²) in [6.45, 7) is 8.39. The second-order valence-corrected chi connectivity index (χ2v) is 8.36. The number of hydrogen-bond acceptors (Lipinski definition) is 8. The topological polar surface area (TPSA) is 96.2 Å². The van der Waals surface area contributed by atoms with Gasteiger partial charge in [-0.1, -0.05) is 6.07 Å². The first-order chi connectivity index (χ1) is 16.6. The first-order valence-electron chi connectivity index (χ1n) is 11.5. The van der Waals surface area contributed by atoms with Crippen molar-refractivity contribution in [1.29, 1.82) is 0 Å². The Bertz CT molecular complexity index is 1300. The van der Waals surface area contributed by atoms with Gasteiger partial charge in [-0.2, -0.15) is 5.10 Å². The first-order valence-corrected chi connectivity index (χ1v) is 11.5. The van der Waals surface area contributed by atoms with Gasteiger partial charge < -0.3 is 19.5 Å². The molecule has 0 saturated heterocycles. The maximum atomic E-state index is 5.96. The second kappa shape index (κ2) is 9.64. The van der Waals surface area contributed by atoms with Crippen molar-refractivity contribution in [2.75, 3.05) is 31.7 Å². The fraction of sp³-hybridized carbons (Fsp3) is 0.360. The average Bonchev–Trinajstić information content (AvgIpc) is 3.19. The van der Waals surface area contributed by atoms with Gasteiger partial charge in [0.2, 0.25) is 11.8 Å². The number of fused-ring (bicyclic) bond motifs is 7. The Hall–Kier alpha value is -3.72. The van der Waals surface area contributed by atoms with E-state index in [1.54, 1.807) is 12.4 Å². The Morgan fingerprint density at radius 1 is 0.971 bits per heavy atom. The maximum absolute atomic E-state index is 5.96. The van der Waals surface area contributed by atoms with E-state index < -0.39 is 0 Å². The number of hydrogen-bond donors (Lipinski definition) is 1. The fourth-order valence-corrected chi connectivity index (χ4v) is 4.00. The Morgan fingerprint density at radius 3 is 2.50 bits per heavy atom. The van der Waals surface area contributed by atoms with Crippen LogP contribution in [0.25, 0.3) is 22.3 Å². The highest BCUT2D eigenvalue weighted by atomic mass is 16.5. The molecular weight excluding hydrogens is 432 g/mol. The van der Waals surface area contributed by atoms with Crippen LogP contribution in [0.3, 0.4) is 0 Å². The molecule has 4 aromatic heterocycles. The molecule has 9 nitrogen and oxygen atoms in total. The van der Waals surface area contributed by atoms with Crippen molar-refractivity contribution in [3.05, 3.63) is 54.0 Å². The molecule has 5 heterocycles.